The zero-order chi connectivity index (χ0) is 22.1. The van der Waals surface area contributed by atoms with Gasteiger partial charge in [0.25, 0.3) is 11.5 Å². The Labute approximate surface area is 177 Å². The third kappa shape index (κ3) is 5.14. The van der Waals surface area contributed by atoms with E-state index in [2.05, 4.69) is 18.8 Å². The van der Waals surface area contributed by atoms with Crippen LogP contribution >= 0.6 is 0 Å². The van der Waals surface area contributed by atoms with E-state index in [-0.39, 0.29) is 17.9 Å². The quantitative estimate of drug-likeness (QED) is 0.403. The van der Waals surface area contributed by atoms with Crippen molar-refractivity contribution in [3.63, 3.8) is 0 Å². The molecular formula is C23H32N2O5. The van der Waals surface area contributed by atoms with E-state index in [0.717, 1.165) is 19.3 Å². The second-order valence-electron chi connectivity index (χ2n) is 7.18. The summed E-state index contributed by atoms with van der Waals surface area (Å²) in [7, 11) is 2.97. The molecule has 2 aromatic rings. The minimum absolute atomic E-state index is 0.183. The number of nitrogens with zero attached hydrogens (tertiary/aromatic N) is 1. The molecule has 0 aliphatic rings. The van der Waals surface area contributed by atoms with Crippen LogP contribution in [0.5, 0.6) is 17.2 Å². The standard InChI is InChI=1S/C23H32N2O5/c1-5-7-8-9-10-11-12-24-22(27)20-21(26)16-14-18(29-3)19(30-4)15-17(16)25(13-6-2)23(20)28/h6,14-15,26H,2,5,7-13H2,1,3-4H3,(H,24,27). The summed E-state index contributed by atoms with van der Waals surface area (Å²) in [6.45, 7) is 6.49. The molecule has 0 saturated carbocycles. The van der Waals surface area contributed by atoms with Gasteiger partial charge in [-0.15, -0.1) is 6.58 Å². The monoisotopic (exact) mass is 416 g/mol. The van der Waals surface area contributed by atoms with Gasteiger partial charge in [-0.05, 0) is 12.5 Å². The topological polar surface area (TPSA) is 89.8 Å². The van der Waals surface area contributed by atoms with E-state index in [4.69, 9.17) is 9.47 Å². The van der Waals surface area contributed by atoms with Gasteiger partial charge < -0.3 is 24.5 Å². The van der Waals surface area contributed by atoms with Crippen molar-refractivity contribution in [2.24, 2.45) is 0 Å². The predicted octanol–water partition coefficient (Wildman–Crippen LogP) is 4.00. The first kappa shape index (κ1) is 23.3. The second-order valence-corrected chi connectivity index (χ2v) is 7.18. The largest absolute Gasteiger partial charge is 0.506 e. The van der Waals surface area contributed by atoms with Crippen molar-refractivity contribution in [2.75, 3.05) is 20.8 Å². The number of allylic oxidation sites excluding steroid dienone is 1. The Hall–Kier alpha value is -2.96. The SMILES string of the molecule is C=CCn1c(=O)c(C(=O)NCCCCCCCC)c(O)c2cc(OC)c(OC)cc21. The molecule has 164 valence electrons. The maximum atomic E-state index is 13.0. The van der Waals surface area contributed by atoms with Gasteiger partial charge in [-0.25, -0.2) is 0 Å². The Balaban J connectivity index is 2.36. The van der Waals surface area contributed by atoms with Crippen molar-refractivity contribution in [2.45, 2.75) is 52.0 Å². The summed E-state index contributed by atoms with van der Waals surface area (Å²) in [4.78, 5) is 25.8. The second kappa shape index (κ2) is 11.3. The highest BCUT2D eigenvalue weighted by molar-refractivity contribution is 6.03. The number of carbonyl (C=O) groups excluding carboxylic acids is 1. The normalized spacial score (nSPS) is 10.8. The van der Waals surface area contributed by atoms with E-state index in [0.29, 0.717) is 28.9 Å². The van der Waals surface area contributed by atoms with Crippen molar-refractivity contribution in [3.8, 4) is 17.2 Å². The van der Waals surface area contributed by atoms with E-state index < -0.39 is 11.5 Å². The number of amides is 1. The lowest BCUT2D eigenvalue weighted by atomic mass is 10.1. The number of aromatic nitrogens is 1. The van der Waals surface area contributed by atoms with Crippen LogP contribution in [-0.4, -0.2) is 36.3 Å². The van der Waals surface area contributed by atoms with Crippen LogP contribution in [0.25, 0.3) is 10.9 Å². The Morgan fingerprint density at radius 2 is 1.77 bits per heavy atom. The first-order valence-corrected chi connectivity index (χ1v) is 10.4. The molecule has 0 radical (unpaired) electrons. The van der Waals surface area contributed by atoms with Gasteiger partial charge >= 0.3 is 0 Å². The molecule has 0 atom stereocenters. The van der Waals surface area contributed by atoms with Crippen LogP contribution in [0.4, 0.5) is 0 Å². The number of fused-ring (bicyclic) bond motifs is 1. The summed E-state index contributed by atoms with van der Waals surface area (Å²) in [5.41, 5.74) is -0.419. The number of aromatic hydroxyl groups is 1. The molecule has 0 saturated heterocycles. The van der Waals surface area contributed by atoms with Gasteiger partial charge in [-0.1, -0.05) is 45.1 Å². The average molecular weight is 417 g/mol. The third-order valence-corrected chi connectivity index (χ3v) is 5.10. The summed E-state index contributed by atoms with van der Waals surface area (Å²) in [6, 6.07) is 3.17. The van der Waals surface area contributed by atoms with Gasteiger partial charge in [0.05, 0.1) is 19.7 Å². The number of benzene rings is 1. The Kier molecular flexibility index (Phi) is 8.77. The highest BCUT2D eigenvalue weighted by Gasteiger charge is 2.23. The van der Waals surface area contributed by atoms with Crippen LogP contribution in [0.3, 0.4) is 0 Å². The molecule has 0 aliphatic heterocycles. The summed E-state index contributed by atoms with van der Waals surface area (Å²) in [6.07, 6.45) is 8.12. The lowest BCUT2D eigenvalue weighted by Crippen LogP contribution is -2.33. The van der Waals surface area contributed by atoms with E-state index in [9.17, 15) is 14.7 Å². The van der Waals surface area contributed by atoms with Crippen LogP contribution in [-0.2, 0) is 6.54 Å². The maximum Gasteiger partial charge on any atom is 0.268 e. The third-order valence-electron chi connectivity index (χ3n) is 5.10. The van der Waals surface area contributed by atoms with Crippen LogP contribution in [0, 0.1) is 0 Å². The summed E-state index contributed by atoms with van der Waals surface area (Å²) in [5, 5.41) is 13.9. The highest BCUT2D eigenvalue weighted by atomic mass is 16.5. The first-order chi connectivity index (χ1) is 14.5. The van der Waals surface area contributed by atoms with Crippen LogP contribution < -0.4 is 20.3 Å². The zero-order valence-electron chi connectivity index (χ0n) is 18.1. The van der Waals surface area contributed by atoms with Gasteiger partial charge in [0.2, 0.25) is 0 Å². The maximum absolute atomic E-state index is 13.0. The van der Waals surface area contributed by atoms with Gasteiger partial charge in [-0.3, -0.25) is 9.59 Å². The van der Waals surface area contributed by atoms with E-state index in [1.54, 1.807) is 18.2 Å². The van der Waals surface area contributed by atoms with E-state index in [1.165, 1.54) is 38.0 Å². The van der Waals surface area contributed by atoms with Gasteiger partial charge in [0, 0.05) is 24.5 Å². The molecule has 0 fully saturated rings. The molecular weight excluding hydrogens is 384 g/mol. The molecule has 7 heteroatoms. The van der Waals surface area contributed by atoms with Crippen molar-refractivity contribution in [1.82, 2.24) is 9.88 Å². The molecule has 2 rings (SSSR count). The number of pyridine rings is 1. The fourth-order valence-corrected chi connectivity index (χ4v) is 3.47. The average Bonchev–Trinajstić information content (AvgIpc) is 2.75. The highest BCUT2D eigenvalue weighted by Crippen LogP contribution is 2.36. The molecule has 0 aliphatic carbocycles. The number of hydrogen-bond donors (Lipinski definition) is 2. The number of carbonyl (C=O) groups is 1. The van der Waals surface area contributed by atoms with Crippen molar-refractivity contribution in [1.29, 1.82) is 0 Å². The van der Waals surface area contributed by atoms with Gasteiger partial charge in [0.1, 0.15) is 11.3 Å². The predicted molar refractivity (Wildman–Crippen MR) is 119 cm³/mol. The molecule has 1 aromatic carbocycles. The first-order valence-electron chi connectivity index (χ1n) is 10.4. The Morgan fingerprint density at radius 1 is 1.13 bits per heavy atom. The fourth-order valence-electron chi connectivity index (χ4n) is 3.47. The van der Waals surface area contributed by atoms with Crippen LogP contribution in [0.2, 0.25) is 0 Å². The summed E-state index contributed by atoms with van der Waals surface area (Å²) in [5.74, 6) is -0.137. The van der Waals surface area contributed by atoms with Crippen molar-refractivity contribution in [3.05, 3.63) is 40.7 Å². The minimum Gasteiger partial charge on any atom is -0.506 e. The molecule has 7 nitrogen and oxygen atoms in total. The smallest absolute Gasteiger partial charge is 0.268 e. The number of nitrogens with one attached hydrogen (secondary N) is 1. The number of methoxy groups -OCH3 is 2. The van der Waals surface area contributed by atoms with Crippen molar-refractivity contribution >= 4 is 16.8 Å². The van der Waals surface area contributed by atoms with Gasteiger partial charge in [0.15, 0.2) is 11.5 Å². The molecule has 1 aromatic heterocycles. The number of ether oxygens (including phenoxy) is 2. The molecule has 1 amide bonds. The van der Waals surface area contributed by atoms with Crippen LogP contribution in [0.1, 0.15) is 55.8 Å². The summed E-state index contributed by atoms with van der Waals surface area (Å²) >= 11 is 0. The molecule has 30 heavy (non-hydrogen) atoms. The Bertz CT molecular complexity index is 949. The van der Waals surface area contributed by atoms with E-state index >= 15 is 0 Å². The van der Waals surface area contributed by atoms with Gasteiger partial charge in [-0.2, -0.15) is 0 Å². The minimum atomic E-state index is -0.583. The zero-order valence-corrected chi connectivity index (χ0v) is 18.1. The van der Waals surface area contributed by atoms with E-state index in [1.807, 2.05) is 0 Å². The molecule has 0 bridgehead atoms. The Morgan fingerprint density at radius 3 is 2.40 bits per heavy atom. The van der Waals surface area contributed by atoms with Crippen molar-refractivity contribution < 1.29 is 19.4 Å². The molecule has 1 heterocycles. The summed E-state index contributed by atoms with van der Waals surface area (Å²) < 4.78 is 12.0. The number of rotatable bonds is 12. The molecule has 0 unspecified atom stereocenters. The van der Waals surface area contributed by atoms with Crippen LogP contribution in [0.15, 0.2) is 29.6 Å². The lowest BCUT2D eigenvalue weighted by Gasteiger charge is -2.16. The fraction of sp³-hybridized carbons (Fsp3) is 0.478. The lowest BCUT2D eigenvalue weighted by molar-refractivity contribution is 0.0948. The molecule has 0 spiro atoms. The number of hydrogen-bond acceptors (Lipinski definition) is 5. The molecule has 2 N–H and O–H groups in total. The number of unbranched alkanes of at least 4 members (excludes halogenated alkanes) is 5.